The van der Waals surface area contributed by atoms with E-state index in [-0.39, 0.29) is 0 Å². The molecule has 0 amide bonds. The first-order valence-electron chi connectivity index (χ1n) is 6.94. The van der Waals surface area contributed by atoms with Gasteiger partial charge in [0.15, 0.2) is 0 Å². The van der Waals surface area contributed by atoms with Gasteiger partial charge in [-0.15, -0.1) is 11.8 Å². The van der Waals surface area contributed by atoms with Gasteiger partial charge in [-0.2, -0.15) is 0 Å². The van der Waals surface area contributed by atoms with Crippen molar-refractivity contribution in [3.63, 3.8) is 0 Å². The fourth-order valence-electron chi connectivity index (χ4n) is 3.51. The lowest BCUT2D eigenvalue weighted by molar-refractivity contribution is 0.583. The van der Waals surface area contributed by atoms with Gasteiger partial charge in [0, 0.05) is 29.8 Å². The second-order valence-electron chi connectivity index (χ2n) is 5.48. The fourth-order valence-corrected chi connectivity index (χ4v) is 5.04. The quantitative estimate of drug-likeness (QED) is 0.705. The van der Waals surface area contributed by atoms with Gasteiger partial charge in [0.25, 0.3) is 0 Å². The summed E-state index contributed by atoms with van der Waals surface area (Å²) in [5.74, 6) is 1.49. The van der Waals surface area contributed by atoms with Crippen LogP contribution >= 0.6 is 11.8 Å². The normalized spacial score (nSPS) is 29.1. The molecule has 2 N–H and O–H groups in total. The van der Waals surface area contributed by atoms with E-state index in [4.69, 9.17) is 10.4 Å². The molecule has 2 unspecified atom stereocenters. The highest BCUT2D eigenvalue weighted by Crippen LogP contribution is 2.49. The van der Waals surface area contributed by atoms with Crippen LogP contribution in [0.5, 0.6) is 0 Å². The molecule has 4 rings (SSSR count). The molecule has 1 aliphatic carbocycles. The first-order valence-corrected chi connectivity index (χ1v) is 7.82. The van der Waals surface area contributed by atoms with Gasteiger partial charge in [0.05, 0.1) is 0 Å². The minimum absolute atomic E-state index is 0.589. The van der Waals surface area contributed by atoms with Crippen LogP contribution in [-0.4, -0.2) is 21.3 Å². The lowest BCUT2D eigenvalue weighted by atomic mass is 9.93. The Hall–Kier alpha value is -0.970. The SMILES string of the molecule is N=c1c2c(nc3n1CCN3)SC1CCCCCC21. The third kappa shape index (κ3) is 1.46. The van der Waals surface area contributed by atoms with E-state index in [1.807, 2.05) is 16.3 Å². The molecule has 18 heavy (non-hydrogen) atoms. The average molecular weight is 262 g/mol. The van der Waals surface area contributed by atoms with Crippen molar-refractivity contribution in [2.75, 3.05) is 11.9 Å². The lowest BCUT2D eigenvalue weighted by Crippen LogP contribution is -2.26. The summed E-state index contributed by atoms with van der Waals surface area (Å²) in [5, 5.41) is 13.6. The van der Waals surface area contributed by atoms with Crippen molar-refractivity contribution < 1.29 is 0 Å². The molecule has 0 bridgehead atoms. The van der Waals surface area contributed by atoms with Crippen LogP contribution < -0.4 is 10.8 Å². The first-order chi connectivity index (χ1) is 8.84. The maximum absolute atomic E-state index is 8.47. The van der Waals surface area contributed by atoms with E-state index in [2.05, 4.69) is 5.32 Å². The van der Waals surface area contributed by atoms with Crippen LogP contribution in [0.2, 0.25) is 0 Å². The van der Waals surface area contributed by atoms with Crippen molar-refractivity contribution in [3.8, 4) is 0 Å². The van der Waals surface area contributed by atoms with Gasteiger partial charge in [-0.1, -0.05) is 19.3 Å². The molecule has 3 aliphatic rings. The van der Waals surface area contributed by atoms with Gasteiger partial charge in [-0.3, -0.25) is 9.98 Å². The summed E-state index contributed by atoms with van der Waals surface area (Å²) >= 11 is 1.93. The Morgan fingerprint density at radius 2 is 2.17 bits per heavy atom. The molecular weight excluding hydrogens is 244 g/mol. The number of aromatic nitrogens is 2. The summed E-state index contributed by atoms with van der Waals surface area (Å²) in [6.45, 7) is 1.82. The van der Waals surface area contributed by atoms with Crippen molar-refractivity contribution in [1.82, 2.24) is 9.55 Å². The molecule has 96 valence electrons. The number of fused-ring (bicyclic) bond motifs is 4. The summed E-state index contributed by atoms with van der Waals surface area (Å²) in [7, 11) is 0. The molecule has 0 radical (unpaired) electrons. The van der Waals surface area contributed by atoms with Gasteiger partial charge in [0.2, 0.25) is 5.95 Å². The van der Waals surface area contributed by atoms with E-state index in [1.165, 1.54) is 37.7 Å². The monoisotopic (exact) mass is 262 g/mol. The summed E-state index contributed by atoms with van der Waals surface area (Å²) in [5.41, 5.74) is 1.97. The molecule has 1 aromatic rings. The maximum atomic E-state index is 8.47. The highest BCUT2D eigenvalue weighted by Gasteiger charge is 2.37. The van der Waals surface area contributed by atoms with Crippen LogP contribution in [0.15, 0.2) is 5.03 Å². The van der Waals surface area contributed by atoms with E-state index in [0.29, 0.717) is 11.2 Å². The number of anilines is 1. The molecule has 2 atom stereocenters. The minimum Gasteiger partial charge on any atom is -0.354 e. The van der Waals surface area contributed by atoms with Crippen molar-refractivity contribution in [2.24, 2.45) is 0 Å². The maximum Gasteiger partial charge on any atom is 0.205 e. The van der Waals surface area contributed by atoms with E-state index in [1.54, 1.807) is 0 Å². The Kier molecular flexibility index (Phi) is 2.43. The zero-order valence-electron chi connectivity index (χ0n) is 10.4. The average Bonchev–Trinajstić information content (AvgIpc) is 2.89. The van der Waals surface area contributed by atoms with Crippen LogP contribution in [0.25, 0.3) is 0 Å². The zero-order valence-corrected chi connectivity index (χ0v) is 11.2. The van der Waals surface area contributed by atoms with Gasteiger partial charge in [-0.25, -0.2) is 4.98 Å². The van der Waals surface area contributed by atoms with Gasteiger partial charge in [0.1, 0.15) is 10.5 Å². The summed E-state index contributed by atoms with van der Waals surface area (Å²) in [6, 6.07) is 0. The molecule has 0 aromatic carbocycles. The molecule has 4 nitrogen and oxygen atoms in total. The number of rotatable bonds is 0. The number of nitrogens with one attached hydrogen (secondary N) is 2. The van der Waals surface area contributed by atoms with Crippen molar-refractivity contribution >= 4 is 17.7 Å². The van der Waals surface area contributed by atoms with Crippen LogP contribution in [0.4, 0.5) is 5.95 Å². The zero-order chi connectivity index (χ0) is 12.1. The van der Waals surface area contributed by atoms with Crippen LogP contribution in [-0.2, 0) is 6.54 Å². The van der Waals surface area contributed by atoms with E-state index in [9.17, 15) is 0 Å². The highest BCUT2D eigenvalue weighted by atomic mass is 32.2. The minimum atomic E-state index is 0.589. The molecular formula is C13H18N4S. The smallest absolute Gasteiger partial charge is 0.205 e. The molecule has 2 aliphatic heterocycles. The lowest BCUT2D eigenvalue weighted by Gasteiger charge is -2.15. The predicted molar refractivity (Wildman–Crippen MR) is 72.0 cm³/mol. The third-order valence-corrected chi connectivity index (χ3v) is 5.82. The molecule has 5 heteroatoms. The van der Waals surface area contributed by atoms with Crippen LogP contribution in [0.1, 0.15) is 43.6 Å². The summed E-state index contributed by atoms with van der Waals surface area (Å²) in [6.07, 6.45) is 6.59. The number of thioether (sulfide) groups is 1. The van der Waals surface area contributed by atoms with Gasteiger partial charge in [-0.05, 0) is 12.8 Å². The topological polar surface area (TPSA) is 53.7 Å². The first kappa shape index (κ1) is 10.9. The number of hydrogen-bond acceptors (Lipinski definition) is 4. The standard InChI is InChI=1S/C13H18N4S/c14-11-10-8-4-2-1-3-5-9(8)18-12(10)16-13-15-6-7-17(11)13/h8-9,14H,1-7H2,(H,15,16). The predicted octanol–water partition coefficient (Wildman–Crippen LogP) is 2.31. The number of hydrogen-bond donors (Lipinski definition) is 2. The Labute approximate surface area is 111 Å². The molecule has 3 heterocycles. The van der Waals surface area contributed by atoms with Crippen LogP contribution in [0.3, 0.4) is 0 Å². The third-order valence-electron chi connectivity index (χ3n) is 4.42. The van der Waals surface area contributed by atoms with E-state index in [0.717, 1.165) is 29.6 Å². The van der Waals surface area contributed by atoms with Crippen molar-refractivity contribution in [3.05, 3.63) is 11.1 Å². The van der Waals surface area contributed by atoms with Crippen molar-refractivity contribution in [2.45, 2.75) is 54.8 Å². The number of nitrogens with zero attached hydrogens (tertiary/aromatic N) is 2. The Morgan fingerprint density at radius 3 is 3.11 bits per heavy atom. The molecule has 0 saturated heterocycles. The van der Waals surface area contributed by atoms with Crippen LogP contribution in [0, 0.1) is 5.41 Å². The Balaban J connectivity index is 1.85. The fraction of sp³-hybridized carbons (Fsp3) is 0.692. The molecule has 1 fully saturated rings. The molecule has 0 spiro atoms. The second-order valence-corrected chi connectivity index (χ2v) is 6.71. The Bertz CT molecular complexity index is 551. The molecule has 1 saturated carbocycles. The van der Waals surface area contributed by atoms with E-state index >= 15 is 0 Å². The van der Waals surface area contributed by atoms with Gasteiger partial charge >= 0.3 is 0 Å². The summed E-state index contributed by atoms with van der Waals surface area (Å²) in [4.78, 5) is 4.74. The second kappa shape index (κ2) is 4.02. The van der Waals surface area contributed by atoms with E-state index < -0.39 is 0 Å². The van der Waals surface area contributed by atoms with Gasteiger partial charge < -0.3 is 5.32 Å². The highest BCUT2D eigenvalue weighted by molar-refractivity contribution is 8.00. The summed E-state index contributed by atoms with van der Waals surface area (Å²) < 4.78 is 2.05. The van der Waals surface area contributed by atoms with Crippen molar-refractivity contribution in [1.29, 1.82) is 5.41 Å². The Morgan fingerprint density at radius 1 is 1.28 bits per heavy atom. The molecule has 1 aromatic heterocycles. The largest absolute Gasteiger partial charge is 0.354 e.